The zero-order chi connectivity index (χ0) is 12.5. The quantitative estimate of drug-likeness (QED) is 0.404. The highest BCUT2D eigenvalue weighted by atomic mass is 16.6. The molecule has 0 amide bonds. The molecule has 1 fully saturated rings. The number of hydrogen-bond acceptors (Lipinski definition) is 5. The zero-order valence-electron chi connectivity index (χ0n) is 9.56. The summed E-state index contributed by atoms with van der Waals surface area (Å²) in [6.07, 6.45) is 0.218. The van der Waals surface area contributed by atoms with Crippen LogP contribution in [0.4, 0.5) is 0 Å². The summed E-state index contributed by atoms with van der Waals surface area (Å²) in [6.45, 7) is 4.86. The normalized spacial score (nSPS) is 23.7. The van der Waals surface area contributed by atoms with Gasteiger partial charge in [0.2, 0.25) is 6.04 Å². The molecule has 0 spiro atoms. The second-order valence-electron chi connectivity index (χ2n) is 4.98. The standard InChI is InChI=1S/C10H15NO5/c1-10(2,3)8(12)5-16-9(13)6-4-7(6)11(14)15/h6-7H,4-5H2,1-3H3. The van der Waals surface area contributed by atoms with E-state index in [4.69, 9.17) is 4.74 Å². The van der Waals surface area contributed by atoms with Gasteiger partial charge in [0.25, 0.3) is 0 Å². The molecule has 2 atom stereocenters. The fraction of sp³-hybridized carbons (Fsp3) is 0.800. The second-order valence-corrected chi connectivity index (χ2v) is 4.98. The fourth-order valence-corrected chi connectivity index (χ4v) is 1.13. The SMILES string of the molecule is CC(C)(C)C(=O)COC(=O)C1CC1[N+](=O)[O-]. The van der Waals surface area contributed by atoms with Crippen molar-refractivity contribution >= 4 is 11.8 Å². The van der Waals surface area contributed by atoms with E-state index in [-0.39, 0.29) is 18.8 Å². The first-order valence-electron chi connectivity index (χ1n) is 5.07. The predicted octanol–water partition coefficient (Wildman–Crippen LogP) is 0.810. The van der Waals surface area contributed by atoms with Gasteiger partial charge in [-0.25, -0.2) is 0 Å². The Kier molecular flexibility index (Phi) is 3.30. The molecular formula is C10H15NO5. The van der Waals surface area contributed by atoms with E-state index < -0.39 is 28.3 Å². The van der Waals surface area contributed by atoms with Crippen molar-refractivity contribution in [2.75, 3.05) is 6.61 Å². The van der Waals surface area contributed by atoms with E-state index in [1.165, 1.54) is 0 Å². The van der Waals surface area contributed by atoms with E-state index in [0.29, 0.717) is 0 Å². The Labute approximate surface area is 93.1 Å². The van der Waals surface area contributed by atoms with E-state index in [1.807, 2.05) is 0 Å². The third-order valence-corrected chi connectivity index (χ3v) is 2.51. The van der Waals surface area contributed by atoms with E-state index in [2.05, 4.69) is 0 Å². The summed E-state index contributed by atoms with van der Waals surface area (Å²) in [6, 6.07) is -0.822. The first-order valence-corrected chi connectivity index (χ1v) is 5.07. The van der Waals surface area contributed by atoms with Crippen molar-refractivity contribution in [3.63, 3.8) is 0 Å². The highest BCUT2D eigenvalue weighted by molar-refractivity contribution is 5.87. The molecule has 1 aliphatic carbocycles. The molecule has 1 rings (SSSR count). The van der Waals surface area contributed by atoms with Crippen molar-refractivity contribution in [1.29, 1.82) is 0 Å². The van der Waals surface area contributed by atoms with Gasteiger partial charge in [0.15, 0.2) is 12.4 Å². The van der Waals surface area contributed by atoms with Crippen molar-refractivity contribution < 1.29 is 19.2 Å². The van der Waals surface area contributed by atoms with Gasteiger partial charge < -0.3 is 4.74 Å². The molecule has 0 saturated heterocycles. The van der Waals surface area contributed by atoms with E-state index in [9.17, 15) is 19.7 Å². The molecule has 0 aromatic carbocycles. The fourth-order valence-electron chi connectivity index (χ4n) is 1.13. The van der Waals surface area contributed by atoms with Crippen LogP contribution < -0.4 is 0 Å². The number of hydrogen-bond donors (Lipinski definition) is 0. The number of carbonyl (C=O) groups excluding carboxylic acids is 2. The first kappa shape index (κ1) is 12.6. The lowest BCUT2D eigenvalue weighted by atomic mass is 9.91. The second kappa shape index (κ2) is 4.19. The average Bonchev–Trinajstić information content (AvgIpc) is 2.91. The lowest BCUT2D eigenvalue weighted by Gasteiger charge is -2.15. The summed E-state index contributed by atoms with van der Waals surface area (Å²) in [5.41, 5.74) is -0.563. The number of carbonyl (C=O) groups is 2. The van der Waals surface area contributed by atoms with Crippen LogP contribution in [0.25, 0.3) is 0 Å². The number of esters is 1. The largest absolute Gasteiger partial charge is 0.457 e. The van der Waals surface area contributed by atoms with Crippen LogP contribution in [0.3, 0.4) is 0 Å². The number of nitro groups is 1. The van der Waals surface area contributed by atoms with Gasteiger partial charge in [-0.05, 0) is 0 Å². The van der Waals surface area contributed by atoms with Gasteiger partial charge in [-0.1, -0.05) is 20.8 Å². The van der Waals surface area contributed by atoms with Crippen LogP contribution in [-0.2, 0) is 14.3 Å². The van der Waals surface area contributed by atoms with Crippen molar-refractivity contribution in [3.8, 4) is 0 Å². The Balaban J connectivity index is 2.33. The van der Waals surface area contributed by atoms with Gasteiger partial charge >= 0.3 is 5.97 Å². The highest BCUT2D eigenvalue weighted by Gasteiger charge is 2.54. The van der Waals surface area contributed by atoms with Gasteiger partial charge in [-0.2, -0.15) is 0 Å². The van der Waals surface area contributed by atoms with E-state index in [1.54, 1.807) is 20.8 Å². The number of rotatable bonds is 4. The molecule has 0 aromatic heterocycles. The molecule has 0 heterocycles. The molecule has 1 aliphatic rings. The van der Waals surface area contributed by atoms with Crippen LogP contribution in [0.1, 0.15) is 27.2 Å². The summed E-state index contributed by atoms with van der Waals surface area (Å²) >= 11 is 0. The molecule has 0 aromatic rings. The summed E-state index contributed by atoms with van der Waals surface area (Å²) < 4.78 is 4.74. The van der Waals surface area contributed by atoms with Gasteiger partial charge in [0.05, 0.1) is 0 Å². The van der Waals surface area contributed by atoms with Gasteiger partial charge in [-0.15, -0.1) is 0 Å². The van der Waals surface area contributed by atoms with Crippen molar-refractivity contribution in [3.05, 3.63) is 10.1 Å². The zero-order valence-corrected chi connectivity index (χ0v) is 9.56. The topological polar surface area (TPSA) is 86.5 Å². The maximum atomic E-state index is 11.4. The minimum absolute atomic E-state index is 0.195. The van der Waals surface area contributed by atoms with Crippen LogP contribution in [0.15, 0.2) is 0 Å². The Hall–Kier alpha value is -1.46. The minimum atomic E-state index is -0.822. The maximum absolute atomic E-state index is 11.4. The number of nitrogens with zero attached hydrogens (tertiary/aromatic N) is 1. The van der Waals surface area contributed by atoms with Crippen LogP contribution in [0.2, 0.25) is 0 Å². The smallest absolute Gasteiger partial charge is 0.316 e. The first-order chi connectivity index (χ1) is 7.23. The number of Topliss-reactive ketones (excluding diaryl/α,β-unsaturated/α-hetero) is 1. The summed E-state index contributed by atoms with van der Waals surface area (Å²) in [7, 11) is 0. The van der Waals surface area contributed by atoms with Gasteiger partial charge in [-0.3, -0.25) is 19.7 Å². The van der Waals surface area contributed by atoms with Crippen molar-refractivity contribution in [2.24, 2.45) is 11.3 Å². The third-order valence-electron chi connectivity index (χ3n) is 2.51. The maximum Gasteiger partial charge on any atom is 0.316 e. The summed E-state index contributed by atoms with van der Waals surface area (Å²) in [5, 5.41) is 10.3. The van der Waals surface area contributed by atoms with Crippen LogP contribution >= 0.6 is 0 Å². The Bertz CT molecular complexity index is 331. The van der Waals surface area contributed by atoms with Crippen LogP contribution in [-0.4, -0.2) is 29.3 Å². The van der Waals surface area contributed by atoms with Crippen molar-refractivity contribution in [2.45, 2.75) is 33.2 Å². The van der Waals surface area contributed by atoms with Crippen LogP contribution in [0.5, 0.6) is 0 Å². The summed E-state index contributed by atoms with van der Waals surface area (Å²) in [4.78, 5) is 32.5. The Morgan fingerprint density at radius 2 is 2.00 bits per heavy atom. The third kappa shape index (κ3) is 3.01. The summed E-state index contributed by atoms with van der Waals surface area (Å²) in [5.74, 6) is -1.50. The molecule has 0 radical (unpaired) electrons. The average molecular weight is 229 g/mol. The Morgan fingerprint density at radius 1 is 1.44 bits per heavy atom. The molecular weight excluding hydrogens is 214 g/mol. The van der Waals surface area contributed by atoms with E-state index in [0.717, 1.165) is 0 Å². The van der Waals surface area contributed by atoms with Gasteiger partial charge in [0.1, 0.15) is 5.92 Å². The molecule has 1 saturated carbocycles. The molecule has 90 valence electrons. The molecule has 6 nitrogen and oxygen atoms in total. The van der Waals surface area contributed by atoms with E-state index >= 15 is 0 Å². The minimum Gasteiger partial charge on any atom is -0.457 e. The highest BCUT2D eigenvalue weighted by Crippen LogP contribution is 2.34. The molecule has 6 heteroatoms. The number of ketones is 1. The predicted molar refractivity (Wildman–Crippen MR) is 54.3 cm³/mol. The molecule has 16 heavy (non-hydrogen) atoms. The molecule has 0 bridgehead atoms. The Morgan fingerprint density at radius 3 is 2.38 bits per heavy atom. The van der Waals surface area contributed by atoms with Crippen molar-refractivity contribution in [1.82, 2.24) is 0 Å². The lowest BCUT2D eigenvalue weighted by Crippen LogP contribution is -2.27. The molecule has 2 unspecified atom stereocenters. The van der Waals surface area contributed by atoms with Gasteiger partial charge in [0, 0.05) is 16.8 Å². The molecule has 0 aliphatic heterocycles. The lowest BCUT2D eigenvalue weighted by molar-refractivity contribution is -0.497. The van der Waals surface area contributed by atoms with Crippen LogP contribution in [0, 0.1) is 21.4 Å². The number of ether oxygens (including phenoxy) is 1. The molecule has 0 N–H and O–H groups in total. The monoisotopic (exact) mass is 229 g/mol.